The number of hydrogen-bond acceptors (Lipinski definition) is 3. The first-order chi connectivity index (χ1) is 9.11. The summed E-state index contributed by atoms with van der Waals surface area (Å²) in [6, 6.07) is 6.95. The molecule has 2 rings (SSSR count). The third-order valence-electron chi connectivity index (χ3n) is 3.94. The van der Waals surface area contributed by atoms with Gasteiger partial charge in [0.05, 0.1) is 0 Å². The fourth-order valence-corrected chi connectivity index (χ4v) is 3.01. The summed E-state index contributed by atoms with van der Waals surface area (Å²) in [6.45, 7) is 3.12. The predicted octanol–water partition coefficient (Wildman–Crippen LogP) is 2.59. The highest BCUT2D eigenvalue weighted by atomic mass is 35.5. The monoisotopic (exact) mass is 281 g/mol. The van der Waals surface area contributed by atoms with Crippen molar-refractivity contribution in [1.82, 2.24) is 10.2 Å². The van der Waals surface area contributed by atoms with Crippen LogP contribution in [-0.2, 0) is 6.54 Å². The summed E-state index contributed by atoms with van der Waals surface area (Å²) >= 11 is 6.10. The van der Waals surface area contributed by atoms with E-state index in [9.17, 15) is 0 Å². The van der Waals surface area contributed by atoms with Gasteiger partial charge in [0.25, 0.3) is 0 Å². The number of benzene rings is 1. The summed E-state index contributed by atoms with van der Waals surface area (Å²) in [6.07, 6.45) is 2.46. The van der Waals surface area contributed by atoms with Crippen molar-refractivity contribution in [3.05, 3.63) is 28.8 Å². The summed E-state index contributed by atoms with van der Waals surface area (Å²) in [5.41, 5.74) is 2.62. The fraction of sp³-hybridized carbons (Fsp3) is 0.600. The molecule has 0 aliphatic carbocycles. The Morgan fingerprint density at radius 2 is 2.00 bits per heavy atom. The lowest BCUT2D eigenvalue weighted by atomic mass is 10.0. The molecule has 0 bridgehead atoms. The molecular formula is C15H24ClN3. The van der Waals surface area contributed by atoms with Crippen LogP contribution in [-0.4, -0.2) is 45.2 Å². The van der Waals surface area contributed by atoms with E-state index in [2.05, 4.69) is 41.3 Å². The first-order valence-corrected chi connectivity index (χ1v) is 7.34. The average molecular weight is 282 g/mol. The van der Waals surface area contributed by atoms with E-state index in [4.69, 9.17) is 11.6 Å². The summed E-state index contributed by atoms with van der Waals surface area (Å²) in [7, 11) is 6.33. The molecule has 1 N–H and O–H groups in total. The maximum Gasteiger partial charge on any atom is 0.0412 e. The lowest BCUT2D eigenvalue weighted by Crippen LogP contribution is -2.42. The molecule has 4 heteroatoms. The highest BCUT2D eigenvalue weighted by molar-refractivity contribution is 6.30. The molecule has 19 heavy (non-hydrogen) atoms. The van der Waals surface area contributed by atoms with Crippen molar-refractivity contribution >= 4 is 17.3 Å². The number of rotatable bonds is 4. The molecule has 0 saturated carbocycles. The van der Waals surface area contributed by atoms with Crippen LogP contribution in [0.1, 0.15) is 18.4 Å². The average Bonchev–Trinajstić information content (AvgIpc) is 2.39. The standard InChI is InChI=1S/C15H24ClN3/c1-17-11-12-10-13(16)4-5-15(12)19-8-6-14(7-9-19)18(2)3/h4-5,10,14,17H,6-9,11H2,1-3H3. The lowest BCUT2D eigenvalue weighted by molar-refractivity contribution is 0.249. The molecule has 1 aliphatic heterocycles. The molecule has 1 aromatic carbocycles. The van der Waals surface area contributed by atoms with E-state index in [-0.39, 0.29) is 0 Å². The Bertz CT molecular complexity index is 412. The molecule has 0 unspecified atom stereocenters. The number of halogens is 1. The minimum Gasteiger partial charge on any atom is -0.371 e. The second-order valence-electron chi connectivity index (χ2n) is 5.49. The quantitative estimate of drug-likeness (QED) is 0.915. The normalized spacial score (nSPS) is 17.2. The van der Waals surface area contributed by atoms with Crippen LogP contribution >= 0.6 is 11.6 Å². The third kappa shape index (κ3) is 3.62. The summed E-state index contributed by atoms with van der Waals surface area (Å²) in [4.78, 5) is 4.83. The maximum atomic E-state index is 6.10. The Morgan fingerprint density at radius 1 is 1.32 bits per heavy atom. The number of nitrogens with one attached hydrogen (secondary N) is 1. The third-order valence-corrected chi connectivity index (χ3v) is 4.18. The maximum absolute atomic E-state index is 6.10. The van der Waals surface area contributed by atoms with Crippen LogP contribution in [0.15, 0.2) is 18.2 Å². The van der Waals surface area contributed by atoms with Crippen molar-refractivity contribution in [2.24, 2.45) is 0 Å². The van der Waals surface area contributed by atoms with E-state index < -0.39 is 0 Å². The fourth-order valence-electron chi connectivity index (χ4n) is 2.82. The molecule has 1 aromatic rings. The molecule has 1 saturated heterocycles. The van der Waals surface area contributed by atoms with Gasteiger partial charge in [-0.05, 0) is 57.7 Å². The zero-order valence-electron chi connectivity index (χ0n) is 12.1. The van der Waals surface area contributed by atoms with Gasteiger partial charge in [-0.2, -0.15) is 0 Å². The minimum atomic E-state index is 0.719. The molecule has 1 aliphatic rings. The highest BCUT2D eigenvalue weighted by Gasteiger charge is 2.22. The van der Waals surface area contributed by atoms with Gasteiger partial charge in [0.1, 0.15) is 0 Å². The lowest BCUT2D eigenvalue weighted by Gasteiger charge is -2.37. The van der Waals surface area contributed by atoms with Crippen LogP contribution in [0.3, 0.4) is 0 Å². The van der Waals surface area contributed by atoms with E-state index >= 15 is 0 Å². The Kier molecular flexibility index (Phi) is 5.08. The van der Waals surface area contributed by atoms with Crippen LogP contribution in [0, 0.1) is 0 Å². The van der Waals surface area contributed by atoms with Crippen molar-refractivity contribution in [2.75, 3.05) is 39.1 Å². The Labute approximate surface area is 121 Å². The van der Waals surface area contributed by atoms with Gasteiger partial charge < -0.3 is 15.1 Å². The molecule has 0 spiro atoms. The largest absolute Gasteiger partial charge is 0.371 e. The Hall–Kier alpha value is -0.770. The van der Waals surface area contributed by atoms with Gasteiger partial charge >= 0.3 is 0 Å². The van der Waals surface area contributed by atoms with E-state index in [1.54, 1.807) is 0 Å². The summed E-state index contributed by atoms with van der Waals surface area (Å²) in [5, 5.41) is 4.04. The van der Waals surface area contributed by atoms with Crippen molar-refractivity contribution in [3.63, 3.8) is 0 Å². The SMILES string of the molecule is CNCc1cc(Cl)ccc1N1CCC(N(C)C)CC1. The topological polar surface area (TPSA) is 18.5 Å². The smallest absolute Gasteiger partial charge is 0.0412 e. The van der Waals surface area contributed by atoms with Gasteiger partial charge in [-0.1, -0.05) is 11.6 Å². The van der Waals surface area contributed by atoms with E-state index in [0.717, 1.165) is 30.7 Å². The molecule has 106 valence electrons. The first kappa shape index (κ1) is 14.6. The number of piperidine rings is 1. The summed E-state index contributed by atoms with van der Waals surface area (Å²) < 4.78 is 0. The van der Waals surface area contributed by atoms with Gasteiger partial charge in [-0.25, -0.2) is 0 Å². The van der Waals surface area contributed by atoms with Crippen LogP contribution in [0.2, 0.25) is 5.02 Å². The van der Waals surface area contributed by atoms with Crippen LogP contribution in [0.4, 0.5) is 5.69 Å². The number of anilines is 1. The van der Waals surface area contributed by atoms with Crippen LogP contribution < -0.4 is 10.2 Å². The second kappa shape index (κ2) is 6.60. The zero-order chi connectivity index (χ0) is 13.8. The van der Waals surface area contributed by atoms with Gasteiger partial charge in [0.15, 0.2) is 0 Å². The molecule has 0 aromatic heterocycles. The minimum absolute atomic E-state index is 0.719. The van der Waals surface area contributed by atoms with Crippen molar-refractivity contribution in [1.29, 1.82) is 0 Å². The highest BCUT2D eigenvalue weighted by Crippen LogP contribution is 2.27. The van der Waals surface area contributed by atoms with Gasteiger partial charge in [-0.3, -0.25) is 0 Å². The van der Waals surface area contributed by atoms with E-state index in [0.29, 0.717) is 0 Å². The zero-order valence-corrected chi connectivity index (χ0v) is 12.9. The van der Waals surface area contributed by atoms with E-state index in [1.165, 1.54) is 24.1 Å². The van der Waals surface area contributed by atoms with Crippen molar-refractivity contribution in [3.8, 4) is 0 Å². The second-order valence-corrected chi connectivity index (χ2v) is 5.92. The van der Waals surface area contributed by atoms with Crippen LogP contribution in [0.25, 0.3) is 0 Å². The molecule has 1 fully saturated rings. The Morgan fingerprint density at radius 3 is 2.58 bits per heavy atom. The predicted molar refractivity (Wildman–Crippen MR) is 83.1 cm³/mol. The van der Waals surface area contributed by atoms with Crippen molar-refractivity contribution < 1.29 is 0 Å². The Balaban J connectivity index is 2.10. The molecule has 1 heterocycles. The molecule has 0 radical (unpaired) electrons. The van der Waals surface area contributed by atoms with Crippen LogP contribution in [0.5, 0.6) is 0 Å². The molecule has 0 amide bonds. The molecular weight excluding hydrogens is 258 g/mol. The molecule has 3 nitrogen and oxygen atoms in total. The number of nitrogens with zero attached hydrogens (tertiary/aromatic N) is 2. The van der Waals surface area contributed by atoms with Gasteiger partial charge in [0.2, 0.25) is 0 Å². The molecule has 0 atom stereocenters. The van der Waals surface area contributed by atoms with Gasteiger partial charge in [0, 0.05) is 36.4 Å². The van der Waals surface area contributed by atoms with Gasteiger partial charge in [-0.15, -0.1) is 0 Å². The number of hydrogen-bond donors (Lipinski definition) is 1. The summed E-state index contributed by atoms with van der Waals surface area (Å²) in [5.74, 6) is 0. The van der Waals surface area contributed by atoms with Crippen molar-refractivity contribution in [2.45, 2.75) is 25.4 Å². The van der Waals surface area contributed by atoms with E-state index in [1.807, 2.05) is 13.1 Å². The first-order valence-electron chi connectivity index (χ1n) is 6.96.